The van der Waals surface area contributed by atoms with Gasteiger partial charge in [-0.25, -0.2) is 0 Å². The van der Waals surface area contributed by atoms with Gasteiger partial charge in [-0.15, -0.1) is 0 Å². The van der Waals surface area contributed by atoms with Crippen LogP contribution in [0.25, 0.3) is 0 Å². The van der Waals surface area contributed by atoms with Crippen LogP contribution in [-0.4, -0.2) is 24.0 Å². The van der Waals surface area contributed by atoms with Gasteiger partial charge in [-0.05, 0) is 19.1 Å². The summed E-state index contributed by atoms with van der Waals surface area (Å²) in [5, 5.41) is 20.1. The molecule has 0 bridgehead atoms. The molecule has 0 aromatic heterocycles. The number of hydrogen-bond donors (Lipinski definition) is 1. The van der Waals surface area contributed by atoms with E-state index < -0.39 is 17.3 Å². The van der Waals surface area contributed by atoms with Crippen LogP contribution in [-0.2, 0) is 0 Å². The molecule has 0 fully saturated rings. The van der Waals surface area contributed by atoms with Crippen molar-refractivity contribution in [1.29, 1.82) is 0 Å². The van der Waals surface area contributed by atoms with Crippen LogP contribution in [0.5, 0.6) is 11.5 Å². The van der Waals surface area contributed by atoms with E-state index in [1.807, 2.05) is 0 Å². The SMILES string of the molecule is CCOc1cc(C=O)cc(C(=O)[O-])c1O.[K+]. The Bertz CT molecular complexity index is 402. The third kappa shape index (κ3) is 3.57. The molecule has 0 spiro atoms. The molecule has 1 aromatic rings. The van der Waals surface area contributed by atoms with Crippen molar-refractivity contribution in [2.75, 3.05) is 6.61 Å². The summed E-state index contributed by atoms with van der Waals surface area (Å²) in [4.78, 5) is 21.1. The maximum atomic E-state index is 10.6. The molecule has 0 unspecified atom stereocenters. The topological polar surface area (TPSA) is 86.7 Å². The molecule has 0 aliphatic carbocycles. The van der Waals surface area contributed by atoms with Crippen LogP contribution < -0.4 is 61.2 Å². The van der Waals surface area contributed by atoms with E-state index in [1.54, 1.807) is 6.92 Å². The van der Waals surface area contributed by atoms with Gasteiger partial charge in [0.15, 0.2) is 11.5 Å². The number of carboxylic acid groups (broad SMARTS) is 1. The zero-order chi connectivity index (χ0) is 11.4. The first-order valence-corrected chi connectivity index (χ1v) is 4.26. The molecule has 0 saturated heterocycles. The summed E-state index contributed by atoms with van der Waals surface area (Å²) < 4.78 is 4.97. The minimum atomic E-state index is -1.56. The van der Waals surface area contributed by atoms with Crippen molar-refractivity contribution in [3.05, 3.63) is 23.3 Å². The monoisotopic (exact) mass is 248 g/mol. The van der Waals surface area contributed by atoms with Crippen LogP contribution in [0.2, 0.25) is 0 Å². The number of phenols is 1. The summed E-state index contributed by atoms with van der Waals surface area (Å²) in [5.41, 5.74) is -0.349. The molecule has 0 radical (unpaired) electrons. The van der Waals surface area contributed by atoms with Gasteiger partial charge >= 0.3 is 51.4 Å². The van der Waals surface area contributed by atoms with Crippen LogP contribution in [0.1, 0.15) is 27.6 Å². The van der Waals surface area contributed by atoms with Gasteiger partial charge in [0.1, 0.15) is 6.29 Å². The maximum Gasteiger partial charge on any atom is 1.00 e. The van der Waals surface area contributed by atoms with Crippen molar-refractivity contribution in [1.82, 2.24) is 0 Å². The fourth-order valence-corrected chi connectivity index (χ4v) is 1.12. The summed E-state index contributed by atoms with van der Waals surface area (Å²) in [5.74, 6) is -2.12. The fourth-order valence-electron chi connectivity index (χ4n) is 1.12. The summed E-state index contributed by atoms with van der Waals surface area (Å²) >= 11 is 0. The van der Waals surface area contributed by atoms with E-state index in [1.165, 1.54) is 6.07 Å². The van der Waals surface area contributed by atoms with Gasteiger partial charge < -0.3 is 19.7 Å². The third-order valence-electron chi connectivity index (χ3n) is 1.75. The van der Waals surface area contributed by atoms with Gasteiger partial charge in [0, 0.05) is 11.1 Å². The zero-order valence-corrected chi connectivity index (χ0v) is 12.1. The predicted octanol–water partition coefficient (Wildman–Crippen LogP) is -3.03. The van der Waals surface area contributed by atoms with E-state index in [2.05, 4.69) is 0 Å². The maximum absolute atomic E-state index is 10.6. The second-order valence-electron chi connectivity index (χ2n) is 2.75. The van der Waals surface area contributed by atoms with E-state index in [9.17, 15) is 19.8 Å². The van der Waals surface area contributed by atoms with Crippen LogP contribution in [0.4, 0.5) is 0 Å². The Kier molecular flexibility index (Phi) is 6.85. The molecule has 0 amide bonds. The number of benzene rings is 1. The van der Waals surface area contributed by atoms with Crippen molar-refractivity contribution >= 4 is 12.3 Å². The number of aromatic hydroxyl groups is 1. The van der Waals surface area contributed by atoms with Crippen molar-refractivity contribution in [3.63, 3.8) is 0 Å². The first-order chi connectivity index (χ1) is 7.10. The molecule has 0 atom stereocenters. The van der Waals surface area contributed by atoms with Crippen molar-refractivity contribution in [3.8, 4) is 11.5 Å². The van der Waals surface area contributed by atoms with Crippen LogP contribution >= 0.6 is 0 Å². The molecule has 1 N–H and O–H groups in total. The average molecular weight is 248 g/mol. The number of carboxylic acids is 1. The molecule has 1 rings (SSSR count). The Labute approximate surface area is 135 Å². The Morgan fingerprint density at radius 3 is 2.62 bits per heavy atom. The smallest absolute Gasteiger partial charge is 0.545 e. The Hall–Kier alpha value is -0.404. The van der Waals surface area contributed by atoms with Gasteiger partial charge in [-0.2, -0.15) is 0 Å². The molecular formula is C10H9KO5. The predicted molar refractivity (Wildman–Crippen MR) is 49.0 cm³/mol. The number of aldehydes is 1. The summed E-state index contributed by atoms with van der Waals surface area (Å²) in [6.07, 6.45) is 0.467. The minimum Gasteiger partial charge on any atom is -0.545 e. The molecule has 0 aliphatic heterocycles. The van der Waals surface area contributed by atoms with E-state index in [4.69, 9.17) is 4.74 Å². The van der Waals surface area contributed by atoms with E-state index in [0.717, 1.165) is 6.07 Å². The number of hydrogen-bond acceptors (Lipinski definition) is 5. The number of rotatable bonds is 4. The van der Waals surface area contributed by atoms with E-state index in [-0.39, 0.29) is 69.3 Å². The molecular weight excluding hydrogens is 239 g/mol. The molecule has 6 heteroatoms. The number of ether oxygens (including phenoxy) is 1. The van der Waals surface area contributed by atoms with Crippen LogP contribution in [0.3, 0.4) is 0 Å². The quantitative estimate of drug-likeness (QED) is 0.452. The van der Waals surface area contributed by atoms with Crippen molar-refractivity contribution in [2.24, 2.45) is 0 Å². The average Bonchev–Trinajstić information content (AvgIpc) is 2.21. The largest absolute Gasteiger partial charge is 1.00 e. The van der Waals surface area contributed by atoms with E-state index in [0.29, 0.717) is 6.29 Å². The molecule has 1 aromatic carbocycles. The summed E-state index contributed by atoms with van der Waals surface area (Å²) in [7, 11) is 0. The summed E-state index contributed by atoms with van der Waals surface area (Å²) in [6, 6.07) is 2.29. The van der Waals surface area contributed by atoms with Gasteiger partial charge in [-0.1, -0.05) is 0 Å². The van der Waals surface area contributed by atoms with Crippen molar-refractivity contribution < 1.29 is 75.9 Å². The number of aromatic carboxylic acids is 1. The van der Waals surface area contributed by atoms with Gasteiger partial charge in [0.05, 0.1) is 12.6 Å². The summed E-state index contributed by atoms with van der Waals surface area (Å²) in [6.45, 7) is 1.92. The first kappa shape index (κ1) is 15.6. The molecule has 0 saturated carbocycles. The standard InChI is InChI=1S/C10H10O5.K/c1-2-15-8-4-6(5-11)3-7(9(8)12)10(13)14;/h3-5,12H,2H2,1H3,(H,13,14);/q;+1/p-1. The molecule has 0 aliphatic rings. The molecule has 0 heterocycles. The first-order valence-electron chi connectivity index (χ1n) is 4.26. The molecule has 5 nitrogen and oxygen atoms in total. The Morgan fingerprint density at radius 2 is 2.19 bits per heavy atom. The fraction of sp³-hybridized carbons (Fsp3) is 0.200. The number of carbonyl (C=O) groups is 2. The van der Waals surface area contributed by atoms with E-state index >= 15 is 0 Å². The van der Waals surface area contributed by atoms with Crippen molar-refractivity contribution in [2.45, 2.75) is 6.92 Å². The van der Waals surface area contributed by atoms with Gasteiger partial charge in [0.25, 0.3) is 0 Å². The van der Waals surface area contributed by atoms with Gasteiger partial charge in [0.2, 0.25) is 0 Å². The molecule has 16 heavy (non-hydrogen) atoms. The second kappa shape index (κ2) is 7.03. The Balaban J connectivity index is 0.00000225. The van der Waals surface area contributed by atoms with Gasteiger partial charge in [-0.3, -0.25) is 4.79 Å². The third-order valence-corrected chi connectivity index (χ3v) is 1.75. The Morgan fingerprint density at radius 1 is 1.56 bits per heavy atom. The second-order valence-corrected chi connectivity index (χ2v) is 2.75. The zero-order valence-electron chi connectivity index (χ0n) is 9.02. The van der Waals surface area contributed by atoms with Crippen LogP contribution in [0.15, 0.2) is 12.1 Å². The minimum absolute atomic E-state index is 0. The normalized spacial score (nSPS) is 9.06. The molecule has 80 valence electrons. The number of carbonyl (C=O) groups excluding carboxylic acids is 2. The van der Waals surface area contributed by atoms with Crippen LogP contribution in [0, 0.1) is 0 Å².